The van der Waals surface area contributed by atoms with Gasteiger partial charge in [0.2, 0.25) is 5.91 Å². The number of carbonyl (C=O) groups excluding carboxylic acids is 1. The average Bonchev–Trinajstić information content (AvgIpc) is 2.67. The normalized spacial score (nSPS) is 17.0. The number of carbonyl (C=O) groups is 1. The van der Waals surface area contributed by atoms with Crippen molar-refractivity contribution in [2.24, 2.45) is 0 Å². The molecule has 2 aromatic rings. The molecule has 2 aromatic carbocycles. The fraction of sp³-hybridized carbons (Fsp3) is 0.500. The number of rotatable bonds is 6. The lowest BCUT2D eigenvalue weighted by Crippen LogP contribution is -2.48. The molecule has 0 bridgehead atoms. The summed E-state index contributed by atoms with van der Waals surface area (Å²) in [4.78, 5) is 17.8. The summed E-state index contributed by atoms with van der Waals surface area (Å²) in [5.74, 6) is 0.130. The third-order valence-corrected chi connectivity index (χ3v) is 5.73. The number of fused-ring (bicyclic) bond motifs is 1. The first-order chi connectivity index (χ1) is 13.0. The molecule has 1 aliphatic heterocycles. The Balaban J connectivity index is 1.54. The Morgan fingerprint density at radius 1 is 1.15 bits per heavy atom. The molecule has 1 heterocycles. The summed E-state index contributed by atoms with van der Waals surface area (Å²) >= 11 is 0. The van der Waals surface area contributed by atoms with Gasteiger partial charge in [0, 0.05) is 64.3 Å². The second-order valence-corrected chi connectivity index (χ2v) is 7.69. The van der Waals surface area contributed by atoms with Crippen molar-refractivity contribution in [3.63, 3.8) is 0 Å². The summed E-state index contributed by atoms with van der Waals surface area (Å²) in [5, 5.41) is 13.0. The Labute approximate surface area is 162 Å². The fourth-order valence-electron chi connectivity index (χ4n) is 4.06. The van der Waals surface area contributed by atoms with Gasteiger partial charge in [-0.25, -0.2) is 0 Å². The number of piperidine rings is 1. The third kappa shape index (κ3) is 4.79. The second-order valence-electron chi connectivity index (χ2n) is 7.69. The van der Waals surface area contributed by atoms with Crippen LogP contribution in [0.15, 0.2) is 42.5 Å². The van der Waals surface area contributed by atoms with E-state index in [1.165, 1.54) is 10.8 Å². The summed E-state index contributed by atoms with van der Waals surface area (Å²) in [6.45, 7) is 4.75. The number of nitrogens with zero attached hydrogens (tertiary/aromatic N) is 3. The zero-order valence-electron chi connectivity index (χ0n) is 16.6. The SMILES string of the molecule is CC(=O)N(C)C1CCN(CC(O)CN(C)c2cccc3ccccc23)CC1. The van der Waals surface area contributed by atoms with Gasteiger partial charge < -0.3 is 19.8 Å². The van der Waals surface area contributed by atoms with Gasteiger partial charge in [0.05, 0.1) is 6.10 Å². The molecule has 0 aromatic heterocycles. The highest BCUT2D eigenvalue weighted by molar-refractivity contribution is 5.94. The summed E-state index contributed by atoms with van der Waals surface area (Å²) in [6, 6.07) is 15.0. The molecule has 1 aliphatic rings. The van der Waals surface area contributed by atoms with E-state index >= 15 is 0 Å². The maximum absolute atomic E-state index is 11.5. The van der Waals surface area contributed by atoms with Gasteiger partial charge in [-0.2, -0.15) is 0 Å². The Bertz CT molecular complexity index is 766. The van der Waals surface area contributed by atoms with Crippen molar-refractivity contribution >= 4 is 22.4 Å². The first kappa shape index (κ1) is 19.6. The molecule has 3 rings (SSSR count). The molecule has 1 amide bonds. The van der Waals surface area contributed by atoms with Gasteiger partial charge in [-0.15, -0.1) is 0 Å². The van der Waals surface area contributed by atoms with Crippen molar-refractivity contribution in [3.05, 3.63) is 42.5 Å². The lowest BCUT2D eigenvalue weighted by molar-refractivity contribution is -0.130. The monoisotopic (exact) mass is 369 g/mol. The number of aliphatic hydroxyl groups excluding tert-OH is 1. The highest BCUT2D eigenvalue weighted by Gasteiger charge is 2.25. The predicted molar refractivity (Wildman–Crippen MR) is 111 cm³/mol. The molecule has 1 atom stereocenters. The summed E-state index contributed by atoms with van der Waals surface area (Å²) in [7, 11) is 3.93. The van der Waals surface area contributed by atoms with E-state index in [4.69, 9.17) is 0 Å². The van der Waals surface area contributed by atoms with Gasteiger partial charge in [-0.05, 0) is 24.3 Å². The topological polar surface area (TPSA) is 47.0 Å². The van der Waals surface area contributed by atoms with Crippen LogP contribution in [0.1, 0.15) is 19.8 Å². The zero-order valence-corrected chi connectivity index (χ0v) is 16.6. The van der Waals surface area contributed by atoms with E-state index in [2.05, 4.69) is 46.2 Å². The minimum atomic E-state index is -0.406. The number of aliphatic hydroxyl groups is 1. The second kappa shape index (κ2) is 8.72. The molecule has 146 valence electrons. The highest BCUT2D eigenvalue weighted by Crippen LogP contribution is 2.26. The van der Waals surface area contributed by atoms with Gasteiger partial charge in [0.25, 0.3) is 0 Å². The van der Waals surface area contributed by atoms with E-state index in [0.29, 0.717) is 19.1 Å². The van der Waals surface area contributed by atoms with Gasteiger partial charge in [0.1, 0.15) is 0 Å². The van der Waals surface area contributed by atoms with E-state index in [-0.39, 0.29) is 5.91 Å². The van der Waals surface area contributed by atoms with Crippen molar-refractivity contribution in [2.45, 2.75) is 31.9 Å². The largest absolute Gasteiger partial charge is 0.390 e. The number of anilines is 1. The van der Waals surface area contributed by atoms with Crippen LogP contribution in [-0.2, 0) is 4.79 Å². The van der Waals surface area contributed by atoms with Crippen LogP contribution in [0.4, 0.5) is 5.69 Å². The quantitative estimate of drug-likeness (QED) is 0.850. The van der Waals surface area contributed by atoms with Gasteiger partial charge in [-0.1, -0.05) is 36.4 Å². The van der Waals surface area contributed by atoms with Gasteiger partial charge in [-0.3, -0.25) is 4.79 Å². The smallest absolute Gasteiger partial charge is 0.219 e. The molecular formula is C22H31N3O2. The molecule has 1 N–H and O–H groups in total. The molecule has 0 saturated carbocycles. The summed E-state index contributed by atoms with van der Waals surface area (Å²) in [5.41, 5.74) is 1.15. The molecule has 1 unspecified atom stereocenters. The first-order valence-corrected chi connectivity index (χ1v) is 9.78. The highest BCUT2D eigenvalue weighted by atomic mass is 16.3. The van der Waals surface area contributed by atoms with Crippen molar-refractivity contribution in [1.82, 2.24) is 9.80 Å². The number of benzene rings is 2. The van der Waals surface area contributed by atoms with Crippen LogP contribution >= 0.6 is 0 Å². The Kier molecular flexibility index (Phi) is 6.34. The summed E-state index contributed by atoms with van der Waals surface area (Å²) in [6.07, 6.45) is 1.54. The van der Waals surface area contributed by atoms with Crippen molar-refractivity contribution in [3.8, 4) is 0 Å². The number of β-amino-alcohol motifs (C(OH)–C–C–N with tert-alkyl or cyclic N) is 1. The fourth-order valence-corrected chi connectivity index (χ4v) is 4.06. The number of likely N-dealkylation sites (tertiary alicyclic amines) is 1. The maximum atomic E-state index is 11.5. The van der Waals surface area contributed by atoms with E-state index in [1.54, 1.807) is 6.92 Å². The zero-order chi connectivity index (χ0) is 19.4. The molecule has 1 fully saturated rings. The van der Waals surface area contributed by atoms with Crippen LogP contribution in [0.25, 0.3) is 10.8 Å². The lowest BCUT2D eigenvalue weighted by atomic mass is 10.0. The molecule has 0 aliphatic carbocycles. The number of hydrogen-bond acceptors (Lipinski definition) is 4. The minimum Gasteiger partial charge on any atom is -0.390 e. The molecule has 5 nitrogen and oxygen atoms in total. The molecular weight excluding hydrogens is 338 g/mol. The van der Waals surface area contributed by atoms with E-state index in [1.807, 2.05) is 25.1 Å². The van der Waals surface area contributed by atoms with Crippen LogP contribution in [0.3, 0.4) is 0 Å². The lowest BCUT2D eigenvalue weighted by Gasteiger charge is -2.37. The van der Waals surface area contributed by atoms with Crippen LogP contribution in [0.5, 0.6) is 0 Å². The maximum Gasteiger partial charge on any atom is 0.219 e. The molecule has 0 radical (unpaired) electrons. The van der Waals surface area contributed by atoms with Gasteiger partial charge in [0.15, 0.2) is 0 Å². The third-order valence-electron chi connectivity index (χ3n) is 5.73. The number of amides is 1. The van der Waals surface area contributed by atoms with Crippen LogP contribution in [-0.4, -0.2) is 73.2 Å². The molecule has 5 heteroatoms. The average molecular weight is 370 g/mol. The minimum absolute atomic E-state index is 0.130. The summed E-state index contributed by atoms with van der Waals surface area (Å²) < 4.78 is 0. The first-order valence-electron chi connectivity index (χ1n) is 9.78. The van der Waals surface area contributed by atoms with Crippen molar-refractivity contribution < 1.29 is 9.90 Å². The Morgan fingerprint density at radius 2 is 1.81 bits per heavy atom. The van der Waals surface area contributed by atoms with Crippen LogP contribution < -0.4 is 4.90 Å². The van der Waals surface area contributed by atoms with E-state index in [0.717, 1.165) is 31.6 Å². The van der Waals surface area contributed by atoms with Crippen molar-refractivity contribution in [1.29, 1.82) is 0 Å². The predicted octanol–water partition coefficient (Wildman–Crippen LogP) is 2.58. The number of hydrogen-bond donors (Lipinski definition) is 1. The number of likely N-dealkylation sites (N-methyl/N-ethyl adjacent to an activating group) is 1. The molecule has 1 saturated heterocycles. The molecule has 0 spiro atoms. The Hall–Kier alpha value is -2.11. The van der Waals surface area contributed by atoms with Crippen molar-refractivity contribution in [2.75, 3.05) is 45.2 Å². The Morgan fingerprint density at radius 3 is 2.52 bits per heavy atom. The van der Waals surface area contributed by atoms with E-state index < -0.39 is 6.10 Å². The van der Waals surface area contributed by atoms with Crippen LogP contribution in [0, 0.1) is 0 Å². The standard InChI is InChI=1S/C22H31N3O2/c1-17(26)24(3)19-11-13-25(14-12-19)16-20(27)15-23(2)22-10-6-8-18-7-4-5-9-21(18)22/h4-10,19-20,27H,11-16H2,1-3H3. The van der Waals surface area contributed by atoms with E-state index in [9.17, 15) is 9.90 Å². The van der Waals surface area contributed by atoms with Crippen LogP contribution in [0.2, 0.25) is 0 Å². The van der Waals surface area contributed by atoms with Gasteiger partial charge >= 0.3 is 0 Å². The molecule has 27 heavy (non-hydrogen) atoms.